The molecule has 31 heavy (non-hydrogen) atoms. The predicted octanol–water partition coefficient (Wildman–Crippen LogP) is 5.40. The topological polar surface area (TPSA) is 70.2 Å². The maximum absolute atomic E-state index is 13.3. The van der Waals surface area contributed by atoms with Gasteiger partial charge in [0, 0.05) is 5.75 Å². The van der Waals surface area contributed by atoms with Gasteiger partial charge < -0.3 is 9.15 Å². The molecule has 0 saturated heterocycles. The van der Waals surface area contributed by atoms with Gasteiger partial charge in [0.25, 0.3) is 5.56 Å². The Labute approximate surface area is 186 Å². The van der Waals surface area contributed by atoms with Gasteiger partial charge in [0.15, 0.2) is 5.16 Å². The van der Waals surface area contributed by atoms with E-state index in [1.807, 2.05) is 60.0 Å². The van der Waals surface area contributed by atoms with Gasteiger partial charge in [-0.15, -0.1) is 11.3 Å². The summed E-state index contributed by atoms with van der Waals surface area (Å²) in [5.74, 6) is 1.85. The highest BCUT2D eigenvalue weighted by molar-refractivity contribution is 7.98. The van der Waals surface area contributed by atoms with Crippen LogP contribution in [0.1, 0.15) is 5.69 Å². The monoisotopic (exact) mass is 447 g/mol. The lowest BCUT2D eigenvalue weighted by Gasteiger charge is -2.13. The minimum absolute atomic E-state index is 0.113. The number of thiophene rings is 1. The first-order valence-electron chi connectivity index (χ1n) is 9.50. The molecular formula is C23H17N3O3S2. The quantitative estimate of drug-likeness (QED) is 0.256. The molecule has 0 spiro atoms. The number of ether oxygens (including phenoxy) is 1. The van der Waals surface area contributed by atoms with Gasteiger partial charge in [-0.05, 0) is 47.8 Å². The zero-order valence-corrected chi connectivity index (χ0v) is 18.2. The molecule has 0 bridgehead atoms. The Morgan fingerprint density at radius 1 is 1.06 bits per heavy atom. The number of hydrogen-bond donors (Lipinski definition) is 0. The number of nitrogens with zero attached hydrogens (tertiary/aromatic N) is 3. The Morgan fingerprint density at radius 2 is 1.90 bits per heavy atom. The number of rotatable bonds is 6. The van der Waals surface area contributed by atoms with E-state index in [9.17, 15) is 4.79 Å². The lowest BCUT2D eigenvalue weighted by molar-refractivity contribution is 0.414. The fourth-order valence-corrected chi connectivity index (χ4v) is 4.74. The van der Waals surface area contributed by atoms with Gasteiger partial charge in [-0.1, -0.05) is 30.0 Å². The normalized spacial score (nSPS) is 11.1. The van der Waals surface area contributed by atoms with Crippen LogP contribution >= 0.6 is 23.1 Å². The summed E-state index contributed by atoms with van der Waals surface area (Å²) in [4.78, 5) is 23.6. The van der Waals surface area contributed by atoms with E-state index in [-0.39, 0.29) is 5.56 Å². The molecule has 0 saturated carbocycles. The molecule has 0 aliphatic rings. The van der Waals surface area contributed by atoms with Crippen molar-refractivity contribution < 1.29 is 9.15 Å². The predicted molar refractivity (Wildman–Crippen MR) is 123 cm³/mol. The molecule has 0 fully saturated rings. The standard InChI is InChI=1S/C23H17N3O3S2/c1-28-17-10-8-16(9-11-17)26-22(27)18-5-2-3-6-19(18)25-23(26)31-14-15-13-29-21(24-15)20-7-4-12-30-20/h2-13H,14H2,1H3. The Balaban J connectivity index is 1.53. The molecule has 3 aromatic heterocycles. The van der Waals surface area contributed by atoms with Crippen LogP contribution in [-0.2, 0) is 5.75 Å². The smallest absolute Gasteiger partial charge is 0.266 e. The lowest BCUT2D eigenvalue weighted by atomic mass is 10.2. The van der Waals surface area contributed by atoms with Crippen LogP contribution in [-0.4, -0.2) is 21.6 Å². The van der Waals surface area contributed by atoms with Crippen LogP contribution in [0, 0.1) is 0 Å². The summed E-state index contributed by atoms with van der Waals surface area (Å²) in [6, 6.07) is 18.7. The number of para-hydroxylation sites is 1. The average molecular weight is 448 g/mol. The molecule has 0 radical (unpaired) electrons. The van der Waals surface area contributed by atoms with Crippen LogP contribution in [0.2, 0.25) is 0 Å². The van der Waals surface area contributed by atoms with Gasteiger partial charge in [-0.3, -0.25) is 9.36 Å². The third kappa shape index (κ3) is 3.87. The summed E-state index contributed by atoms with van der Waals surface area (Å²) in [5.41, 5.74) is 2.07. The van der Waals surface area contributed by atoms with Crippen LogP contribution in [0.4, 0.5) is 0 Å². The first-order valence-corrected chi connectivity index (χ1v) is 11.4. The SMILES string of the molecule is COc1ccc(-n2c(SCc3coc(-c4cccs4)n3)nc3ccccc3c2=O)cc1. The van der Waals surface area contributed by atoms with E-state index >= 15 is 0 Å². The molecule has 0 unspecified atom stereocenters. The first-order chi connectivity index (χ1) is 15.2. The number of thioether (sulfide) groups is 1. The molecule has 2 aromatic carbocycles. The van der Waals surface area contributed by atoms with Crippen molar-refractivity contribution >= 4 is 34.0 Å². The Morgan fingerprint density at radius 3 is 2.68 bits per heavy atom. The molecule has 0 aliphatic carbocycles. The van der Waals surface area contributed by atoms with E-state index in [1.54, 1.807) is 35.3 Å². The Kier molecular flexibility index (Phi) is 5.31. The maximum Gasteiger partial charge on any atom is 0.266 e. The van der Waals surface area contributed by atoms with Crippen molar-refractivity contribution in [2.24, 2.45) is 0 Å². The summed E-state index contributed by atoms with van der Waals surface area (Å²) in [5, 5.41) is 3.15. The van der Waals surface area contributed by atoms with Crippen molar-refractivity contribution in [3.05, 3.63) is 88.4 Å². The fourth-order valence-electron chi connectivity index (χ4n) is 3.19. The van der Waals surface area contributed by atoms with Crippen LogP contribution in [0.15, 0.2) is 86.7 Å². The van der Waals surface area contributed by atoms with E-state index in [0.717, 1.165) is 22.0 Å². The van der Waals surface area contributed by atoms with Gasteiger partial charge in [0.1, 0.15) is 12.0 Å². The van der Waals surface area contributed by atoms with Gasteiger partial charge in [0.05, 0.1) is 34.3 Å². The highest BCUT2D eigenvalue weighted by Gasteiger charge is 2.15. The van der Waals surface area contributed by atoms with E-state index in [0.29, 0.717) is 27.7 Å². The zero-order chi connectivity index (χ0) is 21.2. The van der Waals surface area contributed by atoms with Crippen LogP contribution in [0.25, 0.3) is 27.4 Å². The summed E-state index contributed by atoms with van der Waals surface area (Å²) in [6.07, 6.45) is 1.65. The van der Waals surface area contributed by atoms with Crippen LogP contribution in [0.5, 0.6) is 5.75 Å². The van der Waals surface area contributed by atoms with E-state index < -0.39 is 0 Å². The number of methoxy groups -OCH3 is 1. The summed E-state index contributed by atoms with van der Waals surface area (Å²) in [6.45, 7) is 0. The number of benzene rings is 2. The summed E-state index contributed by atoms with van der Waals surface area (Å²) in [7, 11) is 1.61. The molecule has 0 atom stereocenters. The number of aromatic nitrogens is 3. The Bertz CT molecular complexity index is 1390. The first kappa shape index (κ1) is 19.6. The van der Waals surface area contributed by atoms with Crippen molar-refractivity contribution in [2.75, 3.05) is 7.11 Å². The van der Waals surface area contributed by atoms with E-state index in [4.69, 9.17) is 14.1 Å². The Hall–Kier alpha value is -3.36. The molecule has 3 heterocycles. The van der Waals surface area contributed by atoms with Gasteiger partial charge in [-0.2, -0.15) is 0 Å². The van der Waals surface area contributed by atoms with Crippen molar-refractivity contribution in [2.45, 2.75) is 10.9 Å². The average Bonchev–Trinajstić information content (AvgIpc) is 3.50. The van der Waals surface area contributed by atoms with Gasteiger partial charge in [0.2, 0.25) is 5.89 Å². The molecule has 5 aromatic rings. The third-order valence-electron chi connectivity index (χ3n) is 4.71. The molecular weight excluding hydrogens is 430 g/mol. The van der Waals surface area contributed by atoms with Crippen molar-refractivity contribution in [1.82, 2.24) is 14.5 Å². The second-order valence-corrected chi connectivity index (χ2v) is 8.55. The molecule has 154 valence electrons. The maximum atomic E-state index is 13.3. The van der Waals surface area contributed by atoms with Crippen molar-refractivity contribution in [3.63, 3.8) is 0 Å². The third-order valence-corrected chi connectivity index (χ3v) is 6.54. The van der Waals surface area contributed by atoms with Crippen LogP contribution < -0.4 is 10.3 Å². The molecule has 8 heteroatoms. The fraction of sp³-hybridized carbons (Fsp3) is 0.0870. The zero-order valence-electron chi connectivity index (χ0n) is 16.5. The number of hydrogen-bond acceptors (Lipinski definition) is 7. The lowest BCUT2D eigenvalue weighted by Crippen LogP contribution is -2.21. The highest BCUT2D eigenvalue weighted by atomic mass is 32.2. The number of fused-ring (bicyclic) bond motifs is 1. The summed E-state index contributed by atoms with van der Waals surface area (Å²) < 4.78 is 12.5. The van der Waals surface area contributed by atoms with E-state index in [1.165, 1.54) is 11.8 Å². The minimum Gasteiger partial charge on any atom is -0.497 e. The second kappa shape index (κ2) is 8.41. The second-order valence-electron chi connectivity index (χ2n) is 6.66. The van der Waals surface area contributed by atoms with Crippen LogP contribution in [0.3, 0.4) is 0 Å². The molecule has 5 rings (SSSR count). The number of oxazole rings is 1. The van der Waals surface area contributed by atoms with Gasteiger partial charge in [-0.25, -0.2) is 9.97 Å². The van der Waals surface area contributed by atoms with Crippen molar-refractivity contribution in [3.8, 4) is 22.2 Å². The van der Waals surface area contributed by atoms with E-state index in [2.05, 4.69) is 4.98 Å². The largest absolute Gasteiger partial charge is 0.497 e. The highest BCUT2D eigenvalue weighted by Crippen LogP contribution is 2.28. The molecule has 0 aliphatic heterocycles. The molecule has 0 N–H and O–H groups in total. The molecule has 6 nitrogen and oxygen atoms in total. The molecule has 0 amide bonds. The van der Waals surface area contributed by atoms with Crippen molar-refractivity contribution in [1.29, 1.82) is 0 Å². The minimum atomic E-state index is -0.113. The van der Waals surface area contributed by atoms with Gasteiger partial charge >= 0.3 is 0 Å². The summed E-state index contributed by atoms with van der Waals surface area (Å²) >= 11 is 3.02.